The van der Waals surface area contributed by atoms with Gasteiger partial charge in [0.05, 0.1) is 4.90 Å². The molecule has 0 aliphatic carbocycles. The fourth-order valence-corrected chi connectivity index (χ4v) is 3.75. The van der Waals surface area contributed by atoms with Crippen molar-refractivity contribution < 1.29 is 22.7 Å². The van der Waals surface area contributed by atoms with Gasteiger partial charge in [0.2, 0.25) is 10.0 Å². The number of hydrogen-bond acceptors (Lipinski definition) is 3. The Labute approximate surface area is 117 Å². The Morgan fingerprint density at radius 1 is 1.40 bits per heavy atom. The quantitative estimate of drug-likeness (QED) is 0.812. The molecular formula is C13H16FNO4S. The summed E-state index contributed by atoms with van der Waals surface area (Å²) in [5, 5.41) is 8.80. The molecular weight excluding hydrogens is 285 g/mol. The molecule has 0 heterocycles. The summed E-state index contributed by atoms with van der Waals surface area (Å²) in [5.41, 5.74) is 0.476. The molecule has 1 aromatic carbocycles. The Kier molecular flexibility index (Phi) is 5.02. The van der Waals surface area contributed by atoms with E-state index in [0.29, 0.717) is 0 Å². The lowest BCUT2D eigenvalue weighted by Gasteiger charge is -2.21. The molecule has 0 aromatic heterocycles. The Bertz CT molecular complexity index is 617. The number of aliphatic carboxylic acids is 1. The van der Waals surface area contributed by atoms with E-state index >= 15 is 0 Å². The largest absolute Gasteiger partial charge is 0.480 e. The van der Waals surface area contributed by atoms with Gasteiger partial charge in [0.1, 0.15) is 12.4 Å². The lowest BCUT2D eigenvalue weighted by Crippen LogP contribution is -2.36. The van der Waals surface area contributed by atoms with E-state index < -0.39 is 28.4 Å². The van der Waals surface area contributed by atoms with Crippen molar-refractivity contribution in [3.8, 4) is 0 Å². The Morgan fingerprint density at radius 3 is 2.30 bits per heavy atom. The minimum atomic E-state index is -4.02. The second kappa shape index (κ2) is 6.15. The summed E-state index contributed by atoms with van der Waals surface area (Å²) in [6, 6.07) is 2.21. The number of hydrogen-bond donors (Lipinski definition) is 1. The van der Waals surface area contributed by atoms with E-state index in [2.05, 4.69) is 6.58 Å². The highest BCUT2D eigenvalue weighted by molar-refractivity contribution is 7.89. The molecule has 110 valence electrons. The first kappa shape index (κ1) is 16.3. The molecule has 1 N–H and O–H groups in total. The highest BCUT2D eigenvalue weighted by Gasteiger charge is 2.28. The number of aryl methyl sites for hydroxylation is 2. The van der Waals surface area contributed by atoms with Gasteiger partial charge in [0.25, 0.3) is 0 Å². The average Bonchev–Trinajstić information content (AvgIpc) is 2.25. The summed E-state index contributed by atoms with van der Waals surface area (Å²) >= 11 is 0. The summed E-state index contributed by atoms with van der Waals surface area (Å²) in [4.78, 5) is 10.7. The third-order valence-corrected chi connectivity index (χ3v) is 4.79. The normalized spacial score (nSPS) is 11.6. The van der Waals surface area contributed by atoms with Gasteiger partial charge in [-0.25, -0.2) is 12.8 Å². The maximum absolute atomic E-state index is 13.2. The molecule has 7 heteroatoms. The van der Waals surface area contributed by atoms with E-state index in [1.165, 1.54) is 19.9 Å². The molecule has 0 saturated heterocycles. The second-order valence-corrected chi connectivity index (χ2v) is 6.22. The molecule has 0 unspecified atom stereocenters. The topological polar surface area (TPSA) is 74.7 Å². The number of carboxylic acids is 1. The van der Waals surface area contributed by atoms with Crippen LogP contribution in [0.4, 0.5) is 4.39 Å². The van der Waals surface area contributed by atoms with Crippen LogP contribution in [-0.2, 0) is 14.8 Å². The zero-order valence-corrected chi connectivity index (χ0v) is 12.1. The van der Waals surface area contributed by atoms with Gasteiger partial charge in [-0.3, -0.25) is 4.79 Å². The highest BCUT2D eigenvalue weighted by Crippen LogP contribution is 2.24. The van der Waals surface area contributed by atoms with E-state index in [-0.39, 0.29) is 22.6 Å². The minimum absolute atomic E-state index is 0.0676. The summed E-state index contributed by atoms with van der Waals surface area (Å²) in [5.74, 6) is -1.81. The van der Waals surface area contributed by atoms with Crippen LogP contribution in [0, 0.1) is 19.7 Å². The van der Waals surface area contributed by atoms with Gasteiger partial charge in [-0.1, -0.05) is 6.08 Å². The monoisotopic (exact) mass is 301 g/mol. The van der Waals surface area contributed by atoms with Gasteiger partial charge in [-0.2, -0.15) is 4.31 Å². The molecule has 0 spiro atoms. The highest BCUT2D eigenvalue weighted by atomic mass is 32.2. The third kappa shape index (κ3) is 3.43. The van der Waals surface area contributed by atoms with Crippen molar-refractivity contribution in [2.45, 2.75) is 18.7 Å². The van der Waals surface area contributed by atoms with Crippen molar-refractivity contribution in [1.29, 1.82) is 0 Å². The molecule has 0 bridgehead atoms. The van der Waals surface area contributed by atoms with Gasteiger partial charge in [0, 0.05) is 6.54 Å². The van der Waals surface area contributed by atoms with Crippen LogP contribution < -0.4 is 0 Å². The number of nitrogens with zero attached hydrogens (tertiary/aromatic N) is 1. The van der Waals surface area contributed by atoms with Gasteiger partial charge in [0.15, 0.2) is 0 Å². The fourth-order valence-electron chi connectivity index (χ4n) is 1.98. The number of rotatable bonds is 6. The smallest absolute Gasteiger partial charge is 0.318 e. The van der Waals surface area contributed by atoms with Crippen molar-refractivity contribution in [3.05, 3.63) is 41.7 Å². The maximum atomic E-state index is 13.2. The number of carbonyl (C=O) groups is 1. The summed E-state index contributed by atoms with van der Waals surface area (Å²) < 4.78 is 39.0. The summed E-state index contributed by atoms with van der Waals surface area (Å²) in [6.07, 6.45) is 1.30. The van der Waals surface area contributed by atoms with Crippen LogP contribution in [0.3, 0.4) is 0 Å². The van der Waals surface area contributed by atoms with Crippen LogP contribution in [0.5, 0.6) is 0 Å². The first-order valence-corrected chi connectivity index (χ1v) is 7.23. The molecule has 1 rings (SSSR count). The zero-order chi connectivity index (χ0) is 15.5. The molecule has 0 saturated carbocycles. The lowest BCUT2D eigenvalue weighted by atomic mass is 10.1. The van der Waals surface area contributed by atoms with Crippen molar-refractivity contribution in [1.82, 2.24) is 4.31 Å². The summed E-state index contributed by atoms with van der Waals surface area (Å²) in [6.45, 7) is 5.54. The molecule has 0 amide bonds. The fraction of sp³-hybridized carbons (Fsp3) is 0.308. The first-order chi connectivity index (χ1) is 9.20. The minimum Gasteiger partial charge on any atom is -0.480 e. The third-order valence-electron chi connectivity index (χ3n) is 2.67. The molecule has 0 radical (unpaired) electrons. The average molecular weight is 301 g/mol. The molecule has 20 heavy (non-hydrogen) atoms. The van der Waals surface area contributed by atoms with Crippen molar-refractivity contribution in [3.63, 3.8) is 0 Å². The van der Waals surface area contributed by atoms with Crippen LogP contribution in [0.15, 0.2) is 29.7 Å². The number of sulfonamides is 1. The second-order valence-electron chi connectivity index (χ2n) is 4.35. The van der Waals surface area contributed by atoms with Crippen molar-refractivity contribution in [2.75, 3.05) is 13.1 Å². The van der Waals surface area contributed by atoms with Crippen LogP contribution in [0.2, 0.25) is 0 Å². The van der Waals surface area contributed by atoms with E-state index in [1.54, 1.807) is 0 Å². The van der Waals surface area contributed by atoms with Gasteiger partial charge < -0.3 is 5.11 Å². The number of benzene rings is 1. The number of carboxylic acid groups (broad SMARTS) is 1. The van der Waals surface area contributed by atoms with E-state index in [1.807, 2.05) is 0 Å². The number of halogens is 1. The molecule has 5 nitrogen and oxygen atoms in total. The van der Waals surface area contributed by atoms with Crippen LogP contribution in [0.25, 0.3) is 0 Å². The van der Waals surface area contributed by atoms with Crippen LogP contribution in [0.1, 0.15) is 11.1 Å². The lowest BCUT2D eigenvalue weighted by molar-refractivity contribution is -0.137. The van der Waals surface area contributed by atoms with Crippen LogP contribution >= 0.6 is 0 Å². The van der Waals surface area contributed by atoms with E-state index in [0.717, 1.165) is 16.4 Å². The predicted octanol–water partition coefficient (Wildman–Crippen LogP) is 1.70. The van der Waals surface area contributed by atoms with Gasteiger partial charge in [-0.15, -0.1) is 6.58 Å². The van der Waals surface area contributed by atoms with Crippen molar-refractivity contribution >= 4 is 16.0 Å². The molecule has 0 atom stereocenters. The Morgan fingerprint density at radius 2 is 1.90 bits per heavy atom. The summed E-state index contributed by atoms with van der Waals surface area (Å²) in [7, 11) is -4.02. The Hall–Kier alpha value is -1.73. The first-order valence-electron chi connectivity index (χ1n) is 5.79. The SMILES string of the molecule is C=CCN(CC(=O)O)S(=O)(=O)c1c(C)cc(F)cc1C. The maximum Gasteiger partial charge on any atom is 0.318 e. The predicted molar refractivity (Wildman–Crippen MR) is 72.5 cm³/mol. The van der Waals surface area contributed by atoms with Gasteiger partial charge >= 0.3 is 5.97 Å². The van der Waals surface area contributed by atoms with E-state index in [9.17, 15) is 17.6 Å². The molecule has 0 aliphatic heterocycles. The molecule has 0 aliphatic rings. The Balaban J connectivity index is 3.40. The standard InChI is InChI=1S/C13H16FNO4S/c1-4-5-15(8-12(16)17)20(18,19)13-9(2)6-11(14)7-10(13)3/h4,6-7H,1,5,8H2,2-3H3,(H,16,17). The molecule has 0 fully saturated rings. The van der Waals surface area contributed by atoms with E-state index in [4.69, 9.17) is 5.11 Å². The zero-order valence-electron chi connectivity index (χ0n) is 11.3. The van der Waals surface area contributed by atoms with Crippen LogP contribution in [-0.4, -0.2) is 36.9 Å². The molecule has 1 aromatic rings. The van der Waals surface area contributed by atoms with Crippen molar-refractivity contribution in [2.24, 2.45) is 0 Å². The van der Waals surface area contributed by atoms with Gasteiger partial charge in [-0.05, 0) is 37.1 Å².